The highest BCUT2D eigenvalue weighted by Crippen LogP contribution is 2.24. The number of oxazole rings is 1. The van der Waals surface area contributed by atoms with Gasteiger partial charge in [-0.1, -0.05) is 6.92 Å². The van der Waals surface area contributed by atoms with Gasteiger partial charge in [0.2, 0.25) is 0 Å². The van der Waals surface area contributed by atoms with Crippen LogP contribution in [0, 0.1) is 0 Å². The molecule has 0 radical (unpaired) electrons. The van der Waals surface area contributed by atoms with Gasteiger partial charge in [0.15, 0.2) is 11.5 Å². The van der Waals surface area contributed by atoms with Crippen LogP contribution in [-0.2, 0) is 6.42 Å². The van der Waals surface area contributed by atoms with E-state index in [1.807, 2.05) is 19.9 Å². The monoisotopic (exact) mass is 340 g/mol. The minimum absolute atomic E-state index is 0.236. The number of rotatable bonds is 5. The fraction of sp³-hybridized carbons (Fsp3) is 0.278. The van der Waals surface area contributed by atoms with Crippen LogP contribution in [-0.4, -0.2) is 23.1 Å². The summed E-state index contributed by atoms with van der Waals surface area (Å²) in [7, 11) is 1.57. The van der Waals surface area contributed by atoms with Crippen molar-refractivity contribution in [3.63, 3.8) is 0 Å². The molecule has 0 aliphatic carbocycles. The average molecular weight is 340 g/mol. The Hall–Kier alpha value is -3.09. The number of aryl methyl sites for hydroxylation is 1. The van der Waals surface area contributed by atoms with E-state index in [1.54, 1.807) is 37.7 Å². The summed E-state index contributed by atoms with van der Waals surface area (Å²) in [4.78, 5) is 20.7. The third-order valence-corrected chi connectivity index (χ3v) is 3.84. The molecule has 0 spiro atoms. The number of urea groups is 1. The van der Waals surface area contributed by atoms with Crippen LogP contribution in [0.25, 0.3) is 11.1 Å². The molecule has 2 amide bonds. The van der Waals surface area contributed by atoms with Crippen LogP contribution in [0.1, 0.15) is 31.3 Å². The van der Waals surface area contributed by atoms with Crippen LogP contribution in [0.4, 0.5) is 10.5 Å². The molecule has 0 bridgehead atoms. The quantitative estimate of drug-likeness (QED) is 0.739. The lowest BCUT2D eigenvalue weighted by Gasteiger charge is -2.17. The third-order valence-electron chi connectivity index (χ3n) is 3.84. The molecule has 130 valence electrons. The minimum Gasteiger partial charge on any atom is -0.495 e. The number of ether oxygens (including phenoxy) is 1. The van der Waals surface area contributed by atoms with Crippen molar-refractivity contribution < 1.29 is 13.9 Å². The van der Waals surface area contributed by atoms with Gasteiger partial charge in [-0.2, -0.15) is 0 Å². The Kier molecular flexibility index (Phi) is 4.83. The van der Waals surface area contributed by atoms with Crippen molar-refractivity contribution in [2.45, 2.75) is 26.3 Å². The highest BCUT2D eigenvalue weighted by atomic mass is 16.5. The normalized spacial score (nSPS) is 12.0. The van der Waals surface area contributed by atoms with Gasteiger partial charge in [0.25, 0.3) is 0 Å². The zero-order valence-electron chi connectivity index (χ0n) is 14.4. The molecule has 2 N–H and O–H groups in total. The van der Waals surface area contributed by atoms with Gasteiger partial charge in [0.1, 0.15) is 11.3 Å². The second-order valence-electron chi connectivity index (χ2n) is 5.58. The number of hydrogen-bond donors (Lipinski definition) is 2. The van der Waals surface area contributed by atoms with Gasteiger partial charge in [-0.15, -0.1) is 0 Å². The van der Waals surface area contributed by atoms with Gasteiger partial charge in [0, 0.05) is 23.9 Å². The number of carbonyl (C=O) groups excluding carboxylic acids is 1. The van der Waals surface area contributed by atoms with E-state index in [4.69, 9.17) is 9.15 Å². The molecule has 0 saturated carbocycles. The first-order valence-corrected chi connectivity index (χ1v) is 8.05. The first-order valence-electron chi connectivity index (χ1n) is 8.05. The Morgan fingerprint density at radius 2 is 2.20 bits per heavy atom. The van der Waals surface area contributed by atoms with Crippen LogP contribution in [0.3, 0.4) is 0 Å². The van der Waals surface area contributed by atoms with Crippen molar-refractivity contribution >= 4 is 22.8 Å². The van der Waals surface area contributed by atoms with E-state index in [0.29, 0.717) is 22.9 Å². The number of fused-ring (bicyclic) bond motifs is 1. The van der Waals surface area contributed by atoms with Gasteiger partial charge < -0.3 is 19.8 Å². The standard InChI is InChI=1S/C18H20N4O3/c1-4-17-22-14-9-12(5-6-15(14)25-17)21-18(23)20-11(2)13-7-8-19-10-16(13)24-3/h5-11H,4H2,1-3H3,(H2,20,21,23). The maximum absolute atomic E-state index is 12.3. The highest BCUT2D eigenvalue weighted by molar-refractivity contribution is 5.91. The van der Waals surface area contributed by atoms with E-state index in [2.05, 4.69) is 20.6 Å². The number of aromatic nitrogens is 2. The summed E-state index contributed by atoms with van der Waals surface area (Å²) in [5, 5.41) is 5.69. The number of hydrogen-bond acceptors (Lipinski definition) is 5. The van der Waals surface area contributed by atoms with Gasteiger partial charge in [-0.05, 0) is 31.2 Å². The molecule has 1 atom stereocenters. The largest absolute Gasteiger partial charge is 0.495 e. The number of nitrogens with one attached hydrogen (secondary N) is 2. The lowest BCUT2D eigenvalue weighted by atomic mass is 10.1. The fourth-order valence-electron chi connectivity index (χ4n) is 2.56. The number of anilines is 1. The topological polar surface area (TPSA) is 89.3 Å². The van der Waals surface area contributed by atoms with E-state index < -0.39 is 0 Å². The molecule has 2 aromatic heterocycles. The Morgan fingerprint density at radius 1 is 1.36 bits per heavy atom. The molecular formula is C18H20N4O3. The first kappa shape index (κ1) is 16.8. The highest BCUT2D eigenvalue weighted by Gasteiger charge is 2.14. The summed E-state index contributed by atoms with van der Waals surface area (Å²) in [5.41, 5.74) is 2.93. The van der Waals surface area contributed by atoms with Gasteiger partial charge in [0.05, 0.1) is 19.3 Å². The van der Waals surface area contributed by atoms with E-state index in [9.17, 15) is 4.79 Å². The Bertz CT molecular complexity index is 891. The van der Waals surface area contributed by atoms with Crippen LogP contribution >= 0.6 is 0 Å². The molecule has 3 aromatic rings. The minimum atomic E-state index is -0.315. The summed E-state index contributed by atoms with van der Waals surface area (Å²) < 4.78 is 10.8. The predicted octanol–water partition coefficient (Wildman–Crippen LogP) is 3.68. The SMILES string of the molecule is CCc1nc2cc(NC(=O)NC(C)c3ccncc3OC)ccc2o1. The second kappa shape index (κ2) is 7.21. The van der Waals surface area contributed by atoms with E-state index in [-0.39, 0.29) is 12.1 Å². The van der Waals surface area contributed by atoms with Crippen molar-refractivity contribution in [3.8, 4) is 5.75 Å². The molecule has 0 aliphatic rings. The summed E-state index contributed by atoms with van der Waals surface area (Å²) in [6.45, 7) is 3.86. The zero-order chi connectivity index (χ0) is 17.8. The number of nitrogens with zero attached hydrogens (tertiary/aromatic N) is 2. The fourth-order valence-corrected chi connectivity index (χ4v) is 2.56. The second-order valence-corrected chi connectivity index (χ2v) is 5.58. The number of carbonyl (C=O) groups is 1. The Labute approximate surface area is 145 Å². The van der Waals surface area contributed by atoms with Crippen molar-refractivity contribution in [2.75, 3.05) is 12.4 Å². The van der Waals surface area contributed by atoms with Crippen LogP contribution in [0.5, 0.6) is 5.75 Å². The first-order chi connectivity index (χ1) is 12.1. The molecule has 7 heteroatoms. The van der Waals surface area contributed by atoms with Crippen molar-refractivity contribution in [1.29, 1.82) is 0 Å². The molecule has 7 nitrogen and oxygen atoms in total. The van der Waals surface area contributed by atoms with Crippen LogP contribution in [0.15, 0.2) is 41.1 Å². The lowest BCUT2D eigenvalue weighted by molar-refractivity contribution is 0.249. The number of benzene rings is 1. The molecule has 0 fully saturated rings. The van der Waals surface area contributed by atoms with Crippen molar-refractivity contribution in [2.24, 2.45) is 0 Å². The molecule has 25 heavy (non-hydrogen) atoms. The summed E-state index contributed by atoms with van der Waals surface area (Å²) in [6, 6.07) is 6.63. The third kappa shape index (κ3) is 3.71. The predicted molar refractivity (Wildman–Crippen MR) is 94.7 cm³/mol. The molecule has 2 heterocycles. The Morgan fingerprint density at radius 3 is 2.96 bits per heavy atom. The number of amides is 2. The maximum atomic E-state index is 12.3. The molecule has 0 saturated heterocycles. The molecule has 1 aromatic carbocycles. The van der Waals surface area contributed by atoms with Crippen LogP contribution < -0.4 is 15.4 Å². The van der Waals surface area contributed by atoms with Gasteiger partial charge in [-0.3, -0.25) is 4.98 Å². The van der Waals surface area contributed by atoms with E-state index in [0.717, 1.165) is 17.5 Å². The molecule has 0 aliphatic heterocycles. The van der Waals surface area contributed by atoms with Gasteiger partial charge >= 0.3 is 6.03 Å². The average Bonchev–Trinajstić information content (AvgIpc) is 3.04. The lowest BCUT2D eigenvalue weighted by Crippen LogP contribution is -2.31. The number of methoxy groups -OCH3 is 1. The zero-order valence-corrected chi connectivity index (χ0v) is 14.4. The Balaban J connectivity index is 1.69. The van der Waals surface area contributed by atoms with Gasteiger partial charge in [-0.25, -0.2) is 9.78 Å². The smallest absolute Gasteiger partial charge is 0.319 e. The van der Waals surface area contributed by atoms with E-state index >= 15 is 0 Å². The van der Waals surface area contributed by atoms with Crippen molar-refractivity contribution in [1.82, 2.24) is 15.3 Å². The number of pyridine rings is 1. The summed E-state index contributed by atoms with van der Waals surface area (Å²) in [5.74, 6) is 1.31. The summed E-state index contributed by atoms with van der Waals surface area (Å²) >= 11 is 0. The molecule has 1 unspecified atom stereocenters. The summed E-state index contributed by atoms with van der Waals surface area (Å²) in [6.07, 6.45) is 4.01. The van der Waals surface area contributed by atoms with E-state index in [1.165, 1.54) is 0 Å². The molecule has 3 rings (SSSR count). The van der Waals surface area contributed by atoms with Crippen LogP contribution in [0.2, 0.25) is 0 Å². The molecular weight excluding hydrogens is 320 g/mol. The maximum Gasteiger partial charge on any atom is 0.319 e. The van der Waals surface area contributed by atoms with Crippen molar-refractivity contribution in [3.05, 3.63) is 48.1 Å².